The number of benzene rings is 4. The molecule has 1 heteroatoms. The van der Waals surface area contributed by atoms with Crippen molar-refractivity contribution < 1.29 is 16.8 Å². The first-order valence-electron chi connectivity index (χ1n) is 9.80. The van der Waals surface area contributed by atoms with Crippen LogP contribution < -0.4 is 0 Å². The van der Waals surface area contributed by atoms with Crippen LogP contribution in [0.1, 0.15) is 22.3 Å². The largest absolute Gasteiger partial charge is 0.0708 e. The Morgan fingerprint density at radius 2 is 0.517 bits per heavy atom. The monoisotopic (exact) mass is 417 g/mol. The van der Waals surface area contributed by atoms with Crippen LogP contribution in [0.25, 0.3) is 0 Å². The summed E-state index contributed by atoms with van der Waals surface area (Å²) in [6.07, 6.45) is 4.77. The van der Waals surface area contributed by atoms with Crippen molar-refractivity contribution in [2.75, 3.05) is 0 Å². The van der Waals surface area contributed by atoms with Gasteiger partial charge in [-0.15, -0.1) is 0 Å². The minimum absolute atomic E-state index is 0. The minimum Gasteiger partial charge on any atom is -0.0708 e. The molecule has 0 fully saturated rings. The molecule has 1 radical (unpaired) electrons. The van der Waals surface area contributed by atoms with Crippen molar-refractivity contribution in [2.24, 2.45) is 0 Å². The Kier molecular flexibility index (Phi) is 5.27. The van der Waals surface area contributed by atoms with Gasteiger partial charge in [-0.25, -0.2) is 0 Å². The summed E-state index contributed by atoms with van der Waals surface area (Å²) in [5, 5.41) is 0. The van der Waals surface area contributed by atoms with E-state index in [0.717, 1.165) is 0 Å². The van der Waals surface area contributed by atoms with Crippen LogP contribution in [0.5, 0.6) is 0 Å². The molecule has 0 saturated carbocycles. The van der Waals surface area contributed by atoms with E-state index in [-0.39, 0.29) is 27.6 Å². The summed E-state index contributed by atoms with van der Waals surface area (Å²) >= 11 is 0. The summed E-state index contributed by atoms with van der Waals surface area (Å²) < 4.78 is 0. The minimum atomic E-state index is -0.252. The molecule has 0 unspecified atom stereocenters. The van der Waals surface area contributed by atoms with Gasteiger partial charge in [0.05, 0.1) is 10.8 Å². The van der Waals surface area contributed by atoms with Crippen LogP contribution in [0, 0.1) is 0 Å². The van der Waals surface area contributed by atoms with E-state index < -0.39 is 0 Å². The maximum atomic E-state index is 2.39. The molecule has 1 aliphatic carbocycles. The summed E-state index contributed by atoms with van der Waals surface area (Å²) in [5.41, 5.74) is 4.76. The van der Waals surface area contributed by atoms with E-state index in [4.69, 9.17) is 0 Å². The first-order chi connectivity index (χ1) is 13.9. The fraction of sp³-hybridized carbons (Fsp3) is 0.0714. The van der Waals surface area contributed by atoms with Gasteiger partial charge in [-0.05, 0) is 22.3 Å². The van der Waals surface area contributed by atoms with Crippen molar-refractivity contribution in [3.8, 4) is 0 Å². The molecule has 1 aliphatic rings. The van der Waals surface area contributed by atoms with E-state index in [0.29, 0.717) is 0 Å². The predicted molar refractivity (Wildman–Crippen MR) is 116 cm³/mol. The molecule has 0 spiro atoms. The standard InChI is InChI=1S/C28H22.Co/c1-5-13-23(14-6-1)27(24-15-7-2-8-16-24)21-22-28(27,25-17-9-3-10-18-25)26-19-11-4-12-20-26;/h1-22H;. The quantitative estimate of drug-likeness (QED) is 0.331. The van der Waals surface area contributed by atoms with E-state index in [1.807, 2.05) is 0 Å². The molecule has 0 heterocycles. The average Bonchev–Trinajstić information content (AvgIpc) is 2.77. The molecule has 143 valence electrons. The molecule has 4 aromatic carbocycles. The van der Waals surface area contributed by atoms with E-state index >= 15 is 0 Å². The third-order valence-electron chi connectivity index (χ3n) is 6.12. The smallest absolute Gasteiger partial charge is 0.0554 e. The first kappa shape index (κ1) is 19.4. The third-order valence-corrected chi connectivity index (χ3v) is 6.12. The van der Waals surface area contributed by atoms with E-state index in [1.165, 1.54) is 22.3 Å². The summed E-state index contributed by atoms with van der Waals surface area (Å²) in [5.74, 6) is 0. The average molecular weight is 417 g/mol. The second-order valence-corrected chi connectivity index (χ2v) is 7.41. The number of hydrogen-bond donors (Lipinski definition) is 0. The molecule has 0 aromatic heterocycles. The van der Waals surface area contributed by atoms with E-state index in [2.05, 4.69) is 133 Å². The van der Waals surface area contributed by atoms with Gasteiger partial charge < -0.3 is 0 Å². The predicted octanol–water partition coefficient (Wildman–Crippen LogP) is 6.53. The van der Waals surface area contributed by atoms with Gasteiger partial charge in [-0.1, -0.05) is 133 Å². The molecule has 0 N–H and O–H groups in total. The van der Waals surface area contributed by atoms with Gasteiger partial charge in [-0.3, -0.25) is 0 Å². The Morgan fingerprint density at radius 3 is 0.690 bits per heavy atom. The summed E-state index contributed by atoms with van der Waals surface area (Å²) in [4.78, 5) is 0. The van der Waals surface area contributed by atoms with Gasteiger partial charge in [0.2, 0.25) is 0 Å². The summed E-state index contributed by atoms with van der Waals surface area (Å²) in [6.45, 7) is 0. The van der Waals surface area contributed by atoms with Gasteiger partial charge in [0.1, 0.15) is 0 Å². The third kappa shape index (κ3) is 2.81. The van der Waals surface area contributed by atoms with Crippen LogP contribution in [0.15, 0.2) is 133 Å². The Hall–Kier alpha value is -2.87. The zero-order valence-corrected chi connectivity index (χ0v) is 17.1. The Labute approximate surface area is 183 Å². The molecule has 0 aliphatic heterocycles. The topological polar surface area (TPSA) is 0 Å². The fourth-order valence-corrected chi connectivity index (χ4v) is 4.85. The molecule has 0 atom stereocenters. The van der Waals surface area contributed by atoms with Gasteiger partial charge in [-0.2, -0.15) is 0 Å². The molecule has 29 heavy (non-hydrogen) atoms. The van der Waals surface area contributed by atoms with Crippen molar-refractivity contribution in [1.82, 2.24) is 0 Å². The Morgan fingerprint density at radius 1 is 0.310 bits per heavy atom. The maximum Gasteiger partial charge on any atom is 0.0554 e. The zero-order valence-electron chi connectivity index (χ0n) is 16.0. The normalized spacial score (nSPS) is 15.7. The van der Waals surface area contributed by atoms with Crippen molar-refractivity contribution in [2.45, 2.75) is 10.8 Å². The SMILES string of the molecule is C1=CC(c2ccccc2)(c2ccccc2)C1(c1ccccc1)c1ccccc1.[Co]. The van der Waals surface area contributed by atoms with E-state index in [1.54, 1.807) is 0 Å². The molecular weight excluding hydrogens is 395 g/mol. The number of allylic oxidation sites excluding steroid dienone is 2. The van der Waals surface area contributed by atoms with Crippen LogP contribution in [-0.2, 0) is 27.6 Å². The first-order valence-corrected chi connectivity index (χ1v) is 9.80. The van der Waals surface area contributed by atoms with Crippen molar-refractivity contribution in [3.05, 3.63) is 156 Å². The van der Waals surface area contributed by atoms with Crippen molar-refractivity contribution in [3.63, 3.8) is 0 Å². The van der Waals surface area contributed by atoms with Crippen LogP contribution in [-0.4, -0.2) is 0 Å². The van der Waals surface area contributed by atoms with Crippen molar-refractivity contribution >= 4 is 0 Å². The van der Waals surface area contributed by atoms with Gasteiger partial charge in [0, 0.05) is 16.8 Å². The van der Waals surface area contributed by atoms with Gasteiger partial charge >= 0.3 is 0 Å². The summed E-state index contributed by atoms with van der Waals surface area (Å²) in [6, 6.07) is 43.6. The molecule has 0 nitrogen and oxygen atoms in total. The molecule has 0 saturated heterocycles. The van der Waals surface area contributed by atoms with Crippen LogP contribution >= 0.6 is 0 Å². The molecule has 4 aromatic rings. The second-order valence-electron chi connectivity index (χ2n) is 7.41. The number of rotatable bonds is 4. The molecular formula is C28H22Co. The Balaban J connectivity index is 0.00000205. The number of hydrogen-bond acceptors (Lipinski definition) is 0. The fourth-order valence-electron chi connectivity index (χ4n) is 4.85. The van der Waals surface area contributed by atoms with Crippen LogP contribution in [0.2, 0.25) is 0 Å². The van der Waals surface area contributed by atoms with E-state index in [9.17, 15) is 0 Å². The van der Waals surface area contributed by atoms with Gasteiger partial charge in [0.25, 0.3) is 0 Å². The second kappa shape index (κ2) is 7.86. The zero-order chi connectivity index (χ0) is 18.9. The van der Waals surface area contributed by atoms with Crippen molar-refractivity contribution in [1.29, 1.82) is 0 Å². The van der Waals surface area contributed by atoms with Gasteiger partial charge in [0.15, 0.2) is 0 Å². The maximum absolute atomic E-state index is 2.39. The molecule has 0 amide bonds. The molecule has 5 rings (SSSR count). The van der Waals surface area contributed by atoms with Crippen LogP contribution in [0.4, 0.5) is 0 Å². The summed E-state index contributed by atoms with van der Waals surface area (Å²) in [7, 11) is 0. The Bertz CT molecular complexity index is 914. The van der Waals surface area contributed by atoms with Crippen LogP contribution in [0.3, 0.4) is 0 Å². The molecule has 0 bridgehead atoms.